The van der Waals surface area contributed by atoms with Crippen LogP contribution in [0.1, 0.15) is 45.4 Å². The Morgan fingerprint density at radius 1 is 1.31 bits per heavy atom. The van der Waals surface area contributed by atoms with Crippen molar-refractivity contribution in [3.63, 3.8) is 0 Å². The zero-order chi connectivity index (χ0) is 12.0. The van der Waals surface area contributed by atoms with Crippen LogP contribution in [-0.2, 0) is 10.0 Å². The minimum absolute atomic E-state index is 0.0476. The molecule has 0 aromatic rings. The van der Waals surface area contributed by atoms with Gasteiger partial charge in [-0.2, -0.15) is 5.26 Å². The Morgan fingerprint density at radius 3 is 2.44 bits per heavy atom. The predicted molar refractivity (Wildman–Crippen MR) is 63.2 cm³/mol. The Kier molecular flexibility index (Phi) is 5.23. The third kappa shape index (κ3) is 4.50. The number of hydrogen-bond acceptors (Lipinski definition) is 3. The highest BCUT2D eigenvalue weighted by Crippen LogP contribution is 2.23. The Labute approximate surface area is 98.1 Å². The van der Waals surface area contributed by atoms with Gasteiger partial charge >= 0.3 is 0 Å². The highest BCUT2D eigenvalue weighted by Gasteiger charge is 2.24. The molecule has 0 heterocycles. The molecule has 0 atom stereocenters. The molecule has 0 aliphatic heterocycles. The van der Waals surface area contributed by atoms with Gasteiger partial charge in [0.05, 0.1) is 11.8 Å². The molecule has 92 valence electrons. The standard InChI is InChI=1S/C11H20N2O2S/c1-2-3-8-16(14,15)13-11-6-4-10(9-12)5-7-11/h10-11,13H,2-8H2,1H3. The number of nitrogens with one attached hydrogen (secondary N) is 1. The van der Waals surface area contributed by atoms with Crippen molar-refractivity contribution in [3.8, 4) is 6.07 Å². The minimum atomic E-state index is -3.10. The third-order valence-corrected chi connectivity index (χ3v) is 4.54. The molecular weight excluding hydrogens is 224 g/mol. The normalized spacial score (nSPS) is 26.2. The van der Waals surface area contributed by atoms with E-state index in [1.54, 1.807) is 0 Å². The molecule has 1 aliphatic rings. The van der Waals surface area contributed by atoms with E-state index in [9.17, 15) is 8.42 Å². The maximum atomic E-state index is 11.6. The van der Waals surface area contributed by atoms with Crippen LogP contribution >= 0.6 is 0 Å². The lowest BCUT2D eigenvalue weighted by atomic mass is 9.88. The highest BCUT2D eigenvalue weighted by molar-refractivity contribution is 7.89. The fraction of sp³-hybridized carbons (Fsp3) is 0.909. The smallest absolute Gasteiger partial charge is 0.211 e. The van der Waals surface area contributed by atoms with Gasteiger partial charge < -0.3 is 0 Å². The van der Waals surface area contributed by atoms with Gasteiger partial charge in [0.15, 0.2) is 0 Å². The van der Waals surface area contributed by atoms with E-state index in [1.807, 2.05) is 6.92 Å². The van der Waals surface area contributed by atoms with Crippen molar-refractivity contribution < 1.29 is 8.42 Å². The SMILES string of the molecule is CCCCS(=O)(=O)NC1CCC(C#N)CC1. The molecular formula is C11H20N2O2S. The zero-order valence-electron chi connectivity index (χ0n) is 9.78. The maximum absolute atomic E-state index is 11.6. The van der Waals surface area contributed by atoms with Crippen molar-refractivity contribution in [2.24, 2.45) is 5.92 Å². The molecule has 1 fully saturated rings. The van der Waals surface area contributed by atoms with Crippen LogP contribution in [0, 0.1) is 17.2 Å². The molecule has 1 N–H and O–H groups in total. The molecule has 4 nitrogen and oxygen atoms in total. The lowest BCUT2D eigenvalue weighted by molar-refractivity contribution is 0.361. The topological polar surface area (TPSA) is 70.0 Å². The second kappa shape index (κ2) is 6.21. The van der Waals surface area contributed by atoms with Crippen LogP contribution in [0.25, 0.3) is 0 Å². The van der Waals surface area contributed by atoms with Crippen LogP contribution in [0.2, 0.25) is 0 Å². The van der Waals surface area contributed by atoms with Gasteiger partial charge in [0, 0.05) is 12.0 Å². The minimum Gasteiger partial charge on any atom is -0.212 e. The quantitative estimate of drug-likeness (QED) is 0.801. The monoisotopic (exact) mass is 244 g/mol. The van der Waals surface area contributed by atoms with Crippen molar-refractivity contribution in [1.29, 1.82) is 5.26 Å². The van der Waals surface area contributed by atoms with E-state index < -0.39 is 10.0 Å². The molecule has 0 bridgehead atoms. The van der Waals surface area contributed by atoms with E-state index in [4.69, 9.17) is 5.26 Å². The van der Waals surface area contributed by atoms with E-state index in [2.05, 4.69) is 10.8 Å². The fourth-order valence-corrected chi connectivity index (χ4v) is 3.52. The first kappa shape index (κ1) is 13.5. The van der Waals surface area contributed by atoms with Gasteiger partial charge in [-0.1, -0.05) is 13.3 Å². The number of nitrogens with zero attached hydrogens (tertiary/aromatic N) is 1. The molecule has 16 heavy (non-hydrogen) atoms. The second-order valence-electron chi connectivity index (χ2n) is 4.47. The molecule has 0 radical (unpaired) electrons. The summed E-state index contributed by atoms with van der Waals surface area (Å²) < 4.78 is 26.0. The van der Waals surface area contributed by atoms with Gasteiger partial charge in [0.2, 0.25) is 10.0 Å². The summed E-state index contributed by atoms with van der Waals surface area (Å²) in [4.78, 5) is 0. The molecule has 0 spiro atoms. The number of unbranched alkanes of at least 4 members (excludes halogenated alkanes) is 1. The molecule has 0 aromatic carbocycles. The van der Waals surface area contributed by atoms with Crippen LogP contribution in [0.4, 0.5) is 0 Å². The second-order valence-corrected chi connectivity index (χ2v) is 6.34. The van der Waals surface area contributed by atoms with Crippen molar-refractivity contribution in [1.82, 2.24) is 4.72 Å². The summed E-state index contributed by atoms with van der Waals surface area (Å²) in [5, 5.41) is 8.74. The molecule has 5 heteroatoms. The first-order valence-electron chi connectivity index (χ1n) is 5.97. The largest absolute Gasteiger partial charge is 0.212 e. The third-order valence-electron chi connectivity index (χ3n) is 3.02. The van der Waals surface area contributed by atoms with E-state index in [0.29, 0.717) is 6.42 Å². The summed E-state index contributed by atoms with van der Waals surface area (Å²) in [6.07, 6.45) is 4.83. The Morgan fingerprint density at radius 2 is 1.94 bits per heavy atom. The summed E-state index contributed by atoms with van der Waals surface area (Å²) >= 11 is 0. The van der Waals surface area contributed by atoms with Crippen LogP contribution < -0.4 is 4.72 Å². The van der Waals surface area contributed by atoms with Crippen molar-refractivity contribution in [2.45, 2.75) is 51.5 Å². The zero-order valence-corrected chi connectivity index (χ0v) is 10.6. The maximum Gasteiger partial charge on any atom is 0.211 e. The summed E-state index contributed by atoms with van der Waals surface area (Å²) in [5.41, 5.74) is 0. The highest BCUT2D eigenvalue weighted by atomic mass is 32.2. The number of hydrogen-bond donors (Lipinski definition) is 1. The molecule has 0 amide bonds. The lowest BCUT2D eigenvalue weighted by Gasteiger charge is -2.25. The average Bonchev–Trinajstić information content (AvgIpc) is 2.27. The summed E-state index contributed by atoms with van der Waals surface area (Å²) in [6.45, 7) is 1.98. The predicted octanol–water partition coefficient (Wildman–Crippen LogP) is 1.79. The van der Waals surface area contributed by atoms with Crippen LogP contribution in [0.15, 0.2) is 0 Å². The van der Waals surface area contributed by atoms with Crippen molar-refractivity contribution in [2.75, 3.05) is 5.75 Å². The summed E-state index contributed by atoms with van der Waals surface area (Å²) in [6, 6.07) is 2.29. The average molecular weight is 244 g/mol. The van der Waals surface area contributed by atoms with Gasteiger partial charge in [0.25, 0.3) is 0 Å². The number of sulfonamides is 1. The van der Waals surface area contributed by atoms with Gasteiger partial charge in [-0.05, 0) is 32.1 Å². The van der Waals surface area contributed by atoms with Gasteiger partial charge in [0.1, 0.15) is 0 Å². The molecule has 0 unspecified atom stereocenters. The van der Waals surface area contributed by atoms with E-state index in [-0.39, 0.29) is 17.7 Å². The lowest BCUT2D eigenvalue weighted by Crippen LogP contribution is -2.38. The summed E-state index contributed by atoms with van der Waals surface area (Å²) in [5.74, 6) is 0.346. The van der Waals surface area contributed by atoms with Crippen molar-refractivity contribution in [3.05, 3.63) is 0 Å². The summed E-state index contributed by atoms with van der Waals surface area (Å²) in [7, 11) is -3.10. The molecule has 1 rings (SSSR count). The number of rotatable bonds is 5. The number of nitriles is 1. The molecule has 0 saturated heterocycles. The van der Waals surface area contributed by atoms with E-state index in [0.717, 1.165) is 32.1 Å². The fourth-order valence-electron chi connectivity index (χ4n) is 1.99. The Bertz CT molecular complexity index is 337. The van der Waals surface area contributed by atoms with Crippen molar-refractivity contribution >= 4 is 10.0 Å². The van der Waals surface area contributed by atoms with Gasteiger partial charge in [-0.3, -0.25) is 0 Å². The van der Waals surface area contributed by atoms with E-state index >= 15 is 0 Å². The Balaban J connectivity index is 2.36. The first-order valence-corrected chi connectivity index (χ1v) is 7.62. The first-order chi connectivity index (χ1) is 7.57. The van der Waals surface area contributed by atoms with Crippen LogP contribution in [-0.4, -0.2) is 20.2 Å². The van der Waals surface area contributed by atoms with Crippen LogP contribution in [0.5, 0.6) is 0 Å². The molecule has 1 aliphatic carbocycles. The Hall–Kier alpha value is -0.600. The molecule has 0 aromatic heterocycles. The van der Waals surface area contributed by atoms with Crippen LogP contribution in [0.3, 0.4) is 0 Å². The molecule has 1 saturated carbocycles. The van der Waals surface area contributed by atoms with Gasteiger partial charge in [-0.25, -0.2) is 13.1 Å². The van der Waals surface area contributed by atoms with Gasteiger partial charge in [-0.15, -0.1) is 0 Å². The van der Waals surface area contributed by atoms with E-state index in [1.165, 1.54) is 0 Å².